The van der Waals surface area contributed by atoms with Crippen LogP contribution in [0.1, 0.15) is 70.6 Å². The lowest BCUT2D eigenvalue weighted by atomic mass is 9.82. The van der Waals surface area contributed by atoms with Crippen molar-refractivity contribution in [3.05, 3.63) is 71.5 Å². The van der Waals surface area contributed by atoms with Gasteiger partial charge in [0.25, 0.3) is 5.91 Å². The average Bonchev–Trinajstić information content (AvgIpc) is 3.35. The van der Waals surface area contributed by atoms with Gasteiger partial charge in [0.05, 0.1) is 23.7 Å². The highest BCUT2D eigenvalue weighted by Gasteiger charge is 2.44. The Morgan fingerprint density at radius 1 is 1.07 bits per heavy atom. The molecular weight excluding hydrogens is 534 g/mol. The van der Waals surface area contributed by atoms with Gasteiger partial charge in [-0.2, -0.15) is 16.2 Å². The fraction of sp³-hybridized carbons (Fsp3) is 0.367. The first-order valence-electron chi connectivity index (χ1n) is 14.5. The maximum Gasteiger partial charge on any atom is 0.253 e. The molecule has 12 heteroatoms. The predicted octanol–water partition coefficient (Wildman–Crippen LogP) is 3.21. The van der Waals surface area contributed by atoms with Gasteiger partial charge >= 0.3 is 0 Å². The monoisotopic (exact) mass is 567 g/mol. The molecule has 12 nitrogen and oxygen atoms in total. The van der Waals surface area contributed by atoms with Crippen molar-refractivity contribution in [3.8, 4) is 5.75 Å². The molecule has 2 aromatic carbocycles. The molecule has 42 heavy (non-hydrogen) atoms. The maximum atomic E-state index is 13.7. The number of fused-ring (bicyclic) bond motifs is 2. The van der Waals surface area contributed by atoms with Gasteiger partial charge in [0.15, 0.2) is 12.1 Å². The second-order valence-corrected chi connectivity index (χ2v) is 11.8. The number of rotatable bonds is 5. The highest BCUT2D eigenvalue weighted by atomic mass is 16.5. The molecule has 2 aromatic heterocycles. The van der Waals surface area contributed by atoms with Gasteiger partial charge in [-0.15, -0.1) is 0 Å². The number of benzene rings is 2. The van der Waals surface area contributed by atoms with E-state index in [0.717, 1.165) is 22.4 Å². The molecular formula is C30H33N9O3. The minimum Gasteiger partial charge on any atom is -0.486 e. The van der Waals surface area contributed by atoms with Crippen LogP contribution in [-0.4, -0.2) is 49.6 Å². The number of amides is 1. The van der Waals surface area contributed by atoms with E-state index in [1.165, 1.54) is 18.4 Å². The quantitative estimate of drug-likeness (QED) is 0.247. The molecule has 8 rings (SSSR count). The van der Waals surface area contributed by atoms with Gasteiger partial charge < -0.3 is 19.5 Å². The van der Waals surface area contributed by atoms with Crippen LogP contribution in [0.3, 0.4) is 0 Å². The lowest BCUT2D eigenvalue weighted by molar-refractivity contribution is -0.00569. The van der Waals surface area contributed by atoms with Crippen LogP contribution in [0.4, 0.5) is 11.5 Å². The van der Waals surface area contributed by atoms with Crippen LogP contribution in [0.2, 0.25) is 0 Å². The molecule has 1 saturated carbocycles. The summed E-state index contributed by atoms with van der Waals surface area (Å²) in [6.07, 6.45) is 7.68. The van der Waals surface area contributed by atoms with E-state index in [-0.39, 0.29) is 18.0 Å². The van der Waals surface area contributed by atoms with E-state index in [1.807, 2.05) is 48.3 Å². The minimum atomic E-state index is -0.582. The second kappa shape index (κ2) is 9.66. The van der Waals surface area contributed by atoms with E-state index in [0.29, 0.717) is 55.1 Å². The summed E-state index contributed by atoms with van der Waals surface area (Å²) in [4.78, 5) is 28.9. The van der Waals surface area contributed by atoms with Crippen LogP contribution >= 0.6 is 0 Å². The number of nitrogens with one attached hydrogen (secondary N) is 5. The Labute approximate surface area is 242 Å². The highest BCUT2D eigenvalue weighted by Crippen LogP contribution is 2.45. The lowest BCUT2D eigenvalue weighted by Crippen LogP contribution is -2.52. The molecule has 1 amide bonds. The summed E-state index contributed by atoms with van der Waals surface area (Å²) in [6, 6.07) is 13.5. The Morgan fingerprint density at radius 2 is 1.88 bits per heavy atom. The summed E-state index contributed by atoms with van der Waals surface area (Å²) < 4.78 is 10.4. The zero-order valence-electron chi connectivity index (χ0n) is 23.3. The van der Waals surface area contributed by atoms with Gasteiger partial charge in [-0.05, 0) is 60.7 Å². The number of aromatic nitrogens is 3. The summed E-state index contributed by atoms with van der Waals surface area (Å²) in [5.41, 5.74) is 15.9. The molecule has 4 aromatic rings. The van der Waals surface area contributed by atoms with Crippen LogP contribution < -0.4 is 32.0 Å². The third-order valence-corrected chi connectivity index (χ3v) is 9.03. The normalized spacial score (nSPS) is 20.2. The number of piperidine rings is 1. The second-order valence-electron chi connectivity index (χ2n) is 11.8. The zero-order chi connectivity index (χ0) is 28.4. The molecule has 5 N–H and O–H groups in total. The lowest BCUT2D eigenvalue weighted by Gasteiger charge is -2.44. The van der Waals surface area contributed by atoms with Crippen molar-refractivity contribution in [1.82, 2.24) is 41.2 Å². The van der Waals surface area contributed by atoms with Crippen molar-refractivity contribution < 1.29 is 14.3 Å². The standard InChI is InChI=1S/C30H33N9O3/c1-37-27(8-11-31-37)32-20-5-7-26-22(15-20)25(40)16-30(42-26)9-12-38(13-10-30)28(41)19-4-6-24-21(14-19)23(18-2-3-18)17-39(24)29-33-35-36-34-29/h4-8,11,14-15,17-18,29,32-36H,2-3,9-10,12-13,16H2,1H3. The Kier molecular flexibility index (Phi) is 5.86. The SMILES string of the molecule is Cn1nccc1Nc1ccc2c(c1)C(=O)CC1(CCN(C(=O)c3ccc4c(c3)c(C3CC3)cn4C3NNNN3)CC1)O2. The number of likely N-dealkylation sites (tertiary alicyclic amines) is 1. The van der Waals surface area contributed by atoms with E-state index in [9.17, 15) is 9.59 Å². The third kappa shape index (κ3) is 4.34. The Bertz CT molecular complexity index is 1710. The van der Waals surface area contributed by atoms with Crippen LogP contribution in [0, 0.1) is 0 Å². The molecule has 2 saturated heterocycles. The number of aryl methyl sites for hydroxylation is 1. The topological polar surface area (TPSA) is 130 Å². The molecule has 1 spiro atoms. The van der Waals surface area contributed by atoms with Gasteiger partial charge in [0, 0.05) is 61.9 Å². The first kappa shape index (κ1) is 25.5. The summed E-state index contributed by atoms with van der Waals surface area (Å²) in [6.45, 7) is 1.09. The van der Waals surface area contributed by atoms with E-state index in [1.54, 1.807) is 10.9 Å². The van der Waals surface area contributed by atoms with Crippen molar-refractivity contribution in [2.24, 2.45) is 7.05 Å². The Balaban J connectivity index is 0.979. The number of hydrazine groups is 3. The number of hydrogen-bond donors (Lipinski definition) is 5. The molecule has 3 fully saturated rings. The number of ketones is 1. The van der Waals surface area contributed by atoms with E-state index in [4.69, 9.17) is 4.74 Å². The molecule has 5 heterocycles. The number of nitrogens with zero attached hydrogens (tertiary/aromatic N) is 4. The van der Waals surface area contributed by atoms with Crippen molar-refractivity contribution >= 4 is 34.1 Å². The summed E-state index contributed by atoms with van der Waals surface area (Å²) in [5, 5.41) is 8.61. The average molecular weight is 568 g/mol. The highest BCUT2D eigenvalue weighted by molar-refractivity contribution is 6.02. The van der Waals surface area contributed by atoms with E-state index in [2.05, 4.69) is 49.2 Å². The van der Waals surface area contributed by atoms with Crippen molar-refractivity contribution in [2.75, 3.05) is 18.4 Å². The first-order chi connectivity index (χ1) is 20.5. The number of carbonyl (C=O) groups is 2. The van der Waals surface area contributed by atoms with Crippen LogP contribution in [0.15, 0.2) is 54.9 Å². The number of hydrogen-bond acceptors (Lipinski definition) is 9. The van der Waals surface area contributed by atoms with Gasteiger partial charge in [-0.3, -0.25) is 14.3 Å². The van der Waals surface area contributed by atoms with E-state index >= 15 is 0 Å². The number of anilines is 2. The maximum absolute atomic E-state index is 13.7. The first-order valence-corrected chi connectivity index (χ1v) is 14.5. The summed E-state index contributed by atoms with van der Waals surface area (Å²) in [7, 11) is 1.86. The Morgan fingerprint density at radius 3 is 2.62 bits per heavy atom. The molecule has 0 bridgehead atoms. The van der Waals surface area contributed by atoms with Gasteiger partial charge in [-0.1, -0.05) is 0 Å². The minimum absolute atomic E-state index is 0.0233. The number of ether oxygens (including phenoxy) is 1. The third-order valence-electron chi connectivity index (χ3n) is 9.03. The molecule has 1 aliphatic carbocycles. The molecule has 4 aliphatic rings. The smallest absolute Gasteiger partial charge is 0.253 e. The van der Waals surface area contributed by atoms with Crippen molar-refractivity contribution in [2.45, 2.75) is 49.9 Å². The van der Waals surface area contributed by atoms with Gasteiger partial charge in [-0.25, -0.2) is 10.9 Å². The van der Waals surface area contributed by atoms with Crippen LogP contribution in [0.5, 0.6) is 5.75 Å². The largest absolute Gasteiger partial charge is 0.486 e. The van der Waals surface area contributed by atoms with Crippen molar-refractivity contribution in [3.63, 3.8) is 0 Å². The zero-order valence-corrected chi connectivity index (χ0v) is 23.3. The number of Topliss-reactive ketones (excluding diaryl/α,β-unsaturated/α-hetero) is 1. The van der Waals surface area contributed by atoms with Gasteiger partial charge in [0.1, 0.15) is 17.2 Å². The fourth-order valence-electron chi connectivity index (χ4n) is 6.53. The fourth-order valence-corrected chi connectivity index (χ4v) is 6.53. The summed E-state index contributed by atoms with van der Waals surface area (Å²) >= 11 is 0. The molecule has 0 radical (unpaired) electrons. The van der Waals surface area contributed by atoms with E-state index < -0.39 is 5.60 Å². The molecule has 0 atom stereocenters. The molecule has 216 valence electrons. The number of carbonyl (C=O) groups excluding carboxylic acids is 2. The van der Waals surface area contributed by atoms with Crippen LogP contribution in [-0.2, 0) is 7.05 Å². The van der Waals surface area contributed by atoms with Crippen LogP contribution in [0.25, 0.3) is 10.9 Å². The molecule has 0 unspecified atom stereocenters. The van der Waals surface area contributed by atoms with Crippen molar-refractivity contribution in [1.29, 1.82) is 0 Å². The van der Waals surface area contributed by atoms with Gasteiger partial charge in [0.2, 0.25) is 0 Å². The Hall–Kier alpha value is -4.23. The summed E-state index contributed by atoms with van der Waals surface area (Å²) in [5.74, 6) is 2.09. The molecule has 3 aliphatic heterocycles. The predicted molar refractivity (Wildman–Crippen MR) is 156 cm³/mol.